The first kappa shape index (κ1) is 26.2. The van der Waals surface area contributed by atoms with Crippen LogP contribution < -0.4 is 19.6 Å². The summed E-state index contributed by atoms with van der Waals surface area (Å²) in [5.41, 5.74) is 4.97. The number of benzene rings is 3. The lowest BCUT2D eigenvalue weighted by atomic mass is 10.2. The molecule has 0 fully saturated rings. The van der Waals surface area contributed by atoms with Gasteiger partial charge in [-0.1, -0.05) is 58.0 Å². The van der Waals surface area contributed by atoms with Crippen LogP contribution in [-0.2, 0) is 4.79 Å². The van der Waals surface area contributed by atoms with E-state index in [0.29, 0.717) is 33.8 Å². The number of nitrogens with one attached hydrogen (secondary N) is 1. The zero-order valence-corrected chi connectivity index (χ0v) is 22.7. The molecule has 0 bridgehead atoms. The van der Waals surface area contributed by atoms with Gasteiger partial charge in [0.1, 0.15) is 5.75 Å². The molecule has 0 spiro atoms. The topological polar surface area (TPSA) is 99.9 Å². The van der Waals surface area contributed by atoms with Gasteiger partial charge in [0.15, 0.2) is 22.5 Å². The van der Waals surface area contributed by atoms with Crippen molar-refractivity contribution in [2.75, 3.05) is 27.1 Å². The monoisotopic (exact) mass is 581 g/mol. The molecule has 0 saturated heterocycles. The fourth-order valence-corrected chi connectivity index (χ4v) is 4.46. The van der Waals surface area contributed by atoms with E-state index in [1.54, 1.807) is 33.5 Å². The zero-order valence-electron chi connectivity index (χ0n) is 20.3. The van der Waals surface area contributed by atoms with E-state index >= 15 is 0 Å². The fraction of sp³-hybridized carbons (Fsp3) is 0.154. The van der Waals surface area contributed by atoms with Crippen molar-refractivity contribution in [1.82, 2.24) is 20.2 Å². The molecular formula is C26H24BrN5O4S. The lowest BCUT2D eigenvalue weighted by Crippen LogP contribution is -2.20. The minimum absolute atomic E-state index is 0.0872. The van der Waals surface area contributed by atoms with Crippen LogP contribution in [0.4, 0.5) is 0 Å². The molecule has 1 amide bonds. The molecule has 1 N–H and O–H groups in total. The molecule has 37 heavy (non-hydrogen) atoms. The molecule has 0 aliphatic carbocycles. The van der Waals surface area contributed by atoms with Gasteiger partial charge < -0.3 is 14.2 Å². The summed E-state index contributed by atoms with van der Waals surface area (Å²) in [7, 11) is 4.63. The third-order valence-electron chi connectivity index (χ3n) is 5.21. The van der Waals surface area contributed by atoms with Crippen LogP contribution in [0.15, 0.2) is 81.5 Å². The van der Waals surface area contributed by atoms with E-state index in [9.17, 15) is 4.79 Å². The number of halogens is 1. The number of hydrogen-bond donors (Lipinski definition) is 1. The van der Waals surface area contributed by atoms with Gasteiger partial charge in [-0.15, -0.1) is 10.2 Å². The number of rotatable bonds is 10. The third-order valence-corrected chi connectivity index (χ3v) is 6.67. The molecule has 4 rings (SSSR count). The summed E-state index contributed by atoms with van der Waals surface area (Å²) in [5.74, 6) is 2.05. The van der Waals surface area contributed by atoms with E-state index in [-0.39, 0.29) is 11.7 Å². The summed E-state index contributed by atoms with van der Waals surface area (Å²) in [6, 6.07) is 21.0. The summed E-state index contributed by atoms with van der Waals surface area (Å²) in [6.07, 6.45) is 1.49. The summed E-state index contributed by atoms with van der Waals surface area (Å²) in [4.78, 5) is 12.6. The number of amides is 1. The second kappa shape index (κ2) is 12.4. The number of methoxy groups -OCH3 is 3. The Labute approximate surface area is 227 Å². The maximum atomic E-state index is 12.6. The molecule has 0 unspecified atom stereocenters. The number of carbonyl (C=O) groups excluding carboxylic acids is 1. The van der Waals surface area contributed by atoms with E-state index < -0.39 is 0 Å². The maximum absolute atomic E-state index is 12.6. The Morgan fingerprint density at radius 2 is 1.65 bits per heavy atom. The minimum atomic E-state index is -0.299. The number of carbonyl (C=O) groups is 1. The van der Waals surface area contributed by atoms with E-state index in [4.69, 9.17) is 14.2 Å². The van der Waals surface area contributed by atoms with Gasteiger partial charge in [0.25, 0.3) is 5.91 Å². The first-order chi connectivity index (χ1) is 18.0. The van der Waals surface area contributed by atoms with Gasteiger partial charge in [-0.05, 0) is 30.3 Å². The summed E-state index contributed by atoms with van der Waals surface area (Å²) in [6.45, 7) is 0. The van der Waals surface area contributed by atoms with Crippen molar-refractivity contribution in [3.05, 3.63) is 76.8 Å². The van der Waals surface area contributed by atoms with Gasteiger partial charge >= 0.3 is 0 Å². The Balaban J connectivity index is 1.49. The molecule has 1 aromatic heterocycles. The Hall–Kier alpha value is -3.83. The lowest BCUT2D eigenvalue weighted by molar-refractivity contribution is -0.118. The van der Waals surface area contributed by atoms with Crippen LogP contribution in [0.1, 0.15) is 5.56 Å². The number of thioether (sulfide) groups is 1. The van der Waals surface area contributed by atoms with Crippen LogP contribution in [-0.4, -0.2) is 54.0 Å². The molecular weight excluding hydrogens is 558 g/mol. The van der Waals surface area contributed by atoms with Crippen molar-refractivity contribution < 1.29 is 19.0 Å². The van der Waals surface area contributed by atoms with Crippen molar-refractivity contribution in [2.24, 2.45) is 5.10 Å². The Morgan fingerprint density at radius 1 is 0.973 bits per heavy atom. The molecule has 0 aliphatic heterocycles. The average Bonchev–Trinajstić information content (AvgIpc) is 3.36. The Bertz CT molecular complexity index is 1390. The van der Waals surface area contributed by atoms with E-state index in [1.165, 1.54) is 18.0 Å². The molecule has 0 radical (unpaired) electrons. The standard InChI is InChI=1S/C26H24BrN5O4S/c1-34-21-14-23(36-3)22(35-2)13-18(21)15-28-29-24(33)16-37-26-31-30-25(17-7-5-4-6-8-17)32(26)20-11-9-19(27)10-12-20/h4-15H,16H2,1-3H3,(H,29,33)/b28-15+. The van der Waals surface area contributed by atoms with Gasteiger partial charge in [-0.2, -0.15) is 5.10 Å². The van der Waals surface area contributed by atoms with Gasteiger partial charge in [-0.25, -0.2) is 5.43 Å². The third kappa shape index (κ3) is 6.30. The first-order valence-electron chi connectivity index (χ1n) is 11.1. The van der Waals surface area contributed by atoms with Gasteiger partial charge in [0.2, 0.25) is 0 Å². The highest BCUT2D eigenvalue weighted by atomic mass is 79.9. The molecule has 9 nitrogen and oxygen atoms in total. The van der Waals surface area contributed by atoms with Crippen molar-refractivity contribution in [3.8, 4) is 34.3 Å². The number of hydrazone groups is 1. The van der Waals surface area contributed by atoms with Crippen LogP contribution in [0, 0.1) is 0 Å². The van der Waals surface area contributed by atoms with Crippen molar-refractivity contribution in [2.45, 2.75) is 5.16 Å². The Morgan fingerprint density at radius 3 is 2.32 bits per heavy atom. The summed E-state index contributed by atoms with van der Waals surface area (Å²) >= 11 is 4.74. The van der Waals surface area contributed by atoms with Crippen LogP contribution in [0.3, 0.4) is 0 Å². The molecule has 190 valence electrons. The van der Waals surface area contributed by atoms with Crippen LogP contribution in [0.2, 0.25) is 0 Å². The molecule has 0 atom stereocenters. The molecule has 4 aromatic rings. The number of hydrogen-bond acceptors (Lipinski definition) is 8. The van der Waals surface area contributed by atoms with Crippen molar-refractivity contribution >= 4 is 39.8 Å². The summed E-state index contributed by atoms with van der Waals surface area (Å²) < 4.78 is 18.9. The van der Waals surface area contributed by atoms with Gasteiger partial charge in [0.05, 0.1) is 33.3 Å². The molecule has 3 aromatic carbocycles. The molecule has 0 aliphatic rings. The second-order valence-electron chi connectivity index (χ2n) is 7.52. The van der Waals surface area contributed by atoms with E-state index in [0.717, 1.165) is 15.7 Å². The van der Waals surface area contributed by atoms with E-state index in [2.05, 4.69) is 36.7 Å². The average molecular weight is 582 g/mol. The Kier molecular flexibility index (Phi) is 8.81. The quantitative estimate of drug-likeness (QED) is 0.160. The highest BCUT2D eigenvalue weighted by Gasteiger charge is 2.17. The second-order valence-corrected chi connectivity index (χ2v) is 9.37. The summed E-state index contributed by atoms with van der Waals surface area (Å²) in [5, 5.41) is 13.4. The number of ether oxygens (including phenoxy) is 3. The van der Waals surface area contributed by atoms with E-state index in [1.807, 2.05) is 59.2 Å². The van der Waals surface area contributed by atoms with Crippen molar-refractivity contribution in [1.29, 1.82) is 0 Å². The zero-order chi connectivity index (χ0) is 26.2. The normalized spacial score (nSPS) is 10.9. The number of nitrogens with zero attached hydrogens (tertiary/aromatic N) is 4. The predicted octanol–water partition coefficient (Wildman–Crippen LogP) is 4.97. The molecule has 1 heterocycles. The predicted molar refractivity (Wildman–Crippen MR) is 147 cm³/mol. The number of aromatic nitrogens is 3. The maximum Gasteiger partial charge on any atom is 0.250 e. The van der Waals surface area contributed by atoms with Gasteiger partial charge in [0, 0.05) is 27.4 Å². The van der Waals surface area contributed by atoms with Crippen LogP contribution >= 0.6 is 27.7 Å². The largest absolute Gasteiger partial charge is 0.496 e. The smallest absolute Gasteiger partial charge is 0.250 e. The first-order valence-corrected chi connectivity index (χ1v) is 12.8. The highest BCUT2D eigenvalue weighted by molar-refractivity contribution is 9.10. The SMILES string of the molecule is COc1cc(OC)c(OC)cc1/C=N/NC(=O)CSc1nnc(-c2ccccc2)n1-c1ccc(Br)cc1. The fourth-order valence-electron chi connectivity index (χ4n) is 3.45. The molecule has 0 saturated carbocycles. The van der Waals surface area contributed by atoms with Crippen LogP contribution in [0.5, 0.6) is 17.2 Å². The lowest BCUT2D eigenvalue weighted by Gasteiger charge is -2.11. The minimum Gasteiger partial charge on any atom is -0.496 e. The van der Waals surface area contributed by atoms with Crippen molar-refractivity contribution in [3.63, 3.8) is 0 Å². The van der Waals surface area contributed by atoms with Crippen LogP contribution in [0.25, 0.3) is 17.1 Å². The highest BCUT2D eigenvalue weighted by Crippen LogP contribution is 2.34. The van der Waals surface area contributed by atoms with Gasteiger partial charge in [-0.3, -0.25) is 9.36 Å². The molecule has 11 heteroatoms.